The fourth-order valence-electron chi connectivity index (χ4n) is 8.55. The first-order valence-electron chi connectivity index (χ1n) is 24.9. The number of rotatable bonds is 22. The van der Waals surface area contributed by atoms with Crippen molar-refractivity contribution < 1.29 is 43.0 Å². The summed E-state index contributed by atoms with van der Waals surface area (Å²) in [6, 6.07) is 30.4. The molecular formula is C56H61N9O9. The van der Waals surface area contributed by atoms with Crippen LogP contribution in [-0.2, 0) is 32.0 Å². The second-order valence-electron chi connectivity index (χ2n) is 17.3. The molecule has 0 unspecified atom stereocenters. The molecule has 8 rings (SSSR count). The van der Waals surface area contributed by atoms with Crippen molar-refractivity contribution in [2.24, 2.45) is 11.5 Å². The third-order valence-corrected chi connectivity index (χ3v) is 12.1. The van der Waals surface area contributed by atoms with Gasteiger partial charge < -0.3 is 26.3 Å². The van der Waals surface area contributed by atoms with E-state index in [-0.39, 0.29) is 53.9 Å². The van der Waals surface area contributed by atoms with Gasteiger partial charge in [-0.25, -0.2) is 19.9 Å². The highest BCUT2D eigenvalue weighted by molar-refractivity contribution is 6.11. The SMILES string of the molecule is CCCCCCCCCCCCNC(=O)c1cccc(N2C(=O)Cc3c(C(N)=O)nc(-c4ccc(OCC)cc4)nc32)c1.CCOc1ccc(-c2nc(C(N)=O)c3c(n2)N(c2ccccc2)C(=O)C3)cc1.O=C=O. The standard InChI is InChI=1S/C34H43N5O4.C21H18N4O3.CO2/c1-3-5-6-7-8-9-10-11-12-13-21-36-34(42)25-15-14-16-26(22-25)39-29(40)23-28-30(31(35)41)37-32(38-33(28)39)24-17-19-27(20-18-24)43-4-2;1-2-28-15-10-8-13(9-11-15)20-23-18(19(22)27)16-12-17(26)25(21(16)24-20)14-6-4-3-5-7-14;2-1-3/h14-20,22H,3-13,21,23H2,1-2H3,(H2,35,41)(H,36,42);3-11H,2,12H2,1H3,(H2,22,27);. The van der Waals surface area contributed by atoms with Gasteiger partial charge in [0.15, 0.2) is 11.6 Å². The quantitative estimate of drug-likeness (QED) is 0.0538. The molecule has 0 fully saturated rings. The van der Waals surface area contributed by atoms with E-state index < -0.39 is 11.8 Å². The summed E-state index contributed by atoms with van der Waals surface area (Å²) in [6.45, 7) is 7.75. The topological polar surface area (TPSA) is 260 Å². The summed E-state index contributed by atoms with van der Waals surface area (Å²) in [5, 5.41) is 3.00. The zero-order valence-electron chi connectivity index (χ0n) is 41.9. The second-order valence-corrected chi connectivity index (χ2v) is 17.3. The summed E-state index contributed by atoms with van der Waals surface area (Å²) in [5.74, 6) is 0.623. The Balaban J connectivity index is 0.000000247. The first-order chi connectivity index (χ1) is 35.9. The molecule has 0 atom stereocenters. The summed E-state index contributed by atoms with van der Waals surface area (Å²) in [4.78, 5) is 100. The van der Waals surface area contributed by atoms with Crippen molar-refractivity contribution in [2.45, 2.75) is 97.8 Å². The molecule has 0 aliphatic carbocycles. The summed E-state index contributed by atoms with van der Waals surface area (Å²) >= 11 is 0. The van der Waals surface area contributed by atoms with Gasteiger partial charge >= 0.3 is 6.15 Å². The lowest BCUT2D eigenvalue weighted by molar-refractivity contribution is -0.191. The molecule has 4 aromatic carbocycles. The van der Waals surface area contributed by atoms with Crippen molar-refractivity contribution in [3.8, 4) is 34.3 Å². The van der Waals surface area contributed by atoms with Crippen molar-refractivity contribution in [3.63, 3.8) is 0 Å². The van der Waals surface area contributed by atoms with E-state index in [0.717, 1.165) is 18.6 Å². The van der Waals surface area contributed by atoms with Crippen LogP contribution in [0.25, 0.3) is 22.8 Å². The minimum absolute atomic E-state index is 0.00938. The number of primary amides is 2. The van der Waals surface area contributed by atoms with E-state index in [1.54, 1.807) is 72.8 Å². The molecule has 0 saturated carbocycles. The Morgan fingerprint density at radius 2 is 1.00 bits per heavy atom. The maximum atomic E-state index is 13.2. The lowest BCUT2D eigenvalue weighted by Gasteiger charge is -2.18. The van der Waals surface area contributed by atoms with Crippen molar-refractivity contribution in [1.82, 2.24) is 25.3 Å². The fraction of sp³-hybridized carbons (Fsp3) is 0.321. The van der Waals surface area contributed by atoms with E-state index in [0.29, 0.717) is 82.2 Å². The fourth-order valence-corrected chi connectivity index (χ4v) is 8.55. The van der Waals surface area contributed by atoms with Crippen molar-refractivity contribution in [2.75, 3.05) is 29.6 Å². The van der Waals surface area contributed by atoms with Crippen LogP contribution in [0.15, 0.2) is 103 Å². The number of carbonyl (C=O) groups excluding carboxylic acids is 7. The molecule has 18 heteroatoms. The van der Waals surface area contributed by atoms with Crippen LogP contribution < -0.4 is 36.1 Å². The number of nitrogens with one attached hydrogen (secondary N) is 1. The number of benzene rings is 4. The molecule has 5 N–H and O–H groups in total. The molecule has 4 heterocycles. The molecule has 74 heavy (non-hydrogen) atoms. The van der Waals surface area contributed by atoms with Gasteiger partial charge in [0, 0.05) is 34.4 Å². The summed E-state index contributed by atoms with van der Waals surface area (Å²) in [6.07, 6.45) is 12.6. The third kappa shape index (κ3) is 14.1. The summed E-state index contributed by atoms with van der Waals surface area (Å²) < 4.78 is 11.0. The van der Waals surface area contributed by atoms with Crippen molar-refractivity contribution >= 4 is 58.7 Å². The lowest BCUT2D eigenvalue weighted by atomic mass is 10.1. The number of aromatic nitrogens is 4. The number of nitrogens with zero attached hydrogens (tertiary/aromatic N) is 6. The Kier molecular flexibility index (Phi) is 20.2. The van der Waals surface area contributed by atoms with Gasteiger partial charge in [-0.1, -0.05) is 89.0 Å². The number of amides is 5. The average Bonchev–Trinajstić information content (AvgIpc) is 3.93. The normalized spacial score (nSPS) is 12.1. The largest absolute Gasteiger partial charge is 0.494 e. The van der Waals surface area contributed by atoms with E-state index in [1.165, 1.54) is 61.2 Å². The van der Waals surface area contributed by atoms with E-state index in [1.807, 2.05) is 44.2 Å². The van der Waals surface area contributed by atoms with Crippen molar-refractivity contribution in [3.05, 3.63) is 131 Å². The van der Waals surface area contributed by atoms with Crippen LogP contribution in [0.3, 0.4) is 0 Å². The predicted octanol–water partition coefficient (Wildman–Crippen LogP) is 8.79. The Hall–Kier alpha value is -8.63. The number of unbranched alkanes of at least 4 members (excludes halogenated alkanes) is 9. The molecule has 0 radical (unpaired) electrons. The summed E-state index contributed by atoms with van der Waals surface area (Å²) in [7, 11) is 0. The molecule has 2 aliphatic heterocycles. The maximum Gasteiger partial charge on any atom is 0.373 e. The maximum absolute atomic E-state index is 13.2. The Morgan fingerprint density at radius 3 is 1.45 bits per heavy atom. The molecule has 5 amide bonds. The minimum Gasteiger partial charge on any atom is -0.494 e. The molecule has 0 bridgehead atoms. The first-order valence-corrected chi connectivity index (χ1v) is 24.9. The van der Waals surface area contributed by atoms with Gasteiger partial charge in [0.2, 0.25) is 11.8 Å². The van der Waals surface area contributed by atoms with Crippen LogP contribution in [0.5, 0.6) is 11.5 Å². The van der Waals surface area contributed by atoms with Gasteiger partial charge in [0.05, 0.1) is 37.4 Å². The zero-order chi connectivity index (χ0) is 53.0. The number of ether oxygens (including phenoxy) is 2. The first kappa shape index (κ1) is 54.7. The molecule has 0 spiro atoms. The number of hydrogen-bond donors (Lipinski definition) is 3. The highest BCUT2D eigenvalue weighted by atomic mass is 16.5. The molecule has 2 aliphatic rings. The van der Waals surface area contributed by atoms with Gasteiger partial charge in [-0.15, -0.1) is 0 Å². The molecule has 2 aromatic heterocycles. The Bertz CT molecular complexity index is 2940. The molecule has 6 aromatic rings. The van der Waals surface area contributed by atoms with Gasteiger partial charge in [-0.2, -0.15) is 9.59 Å². The van der Waals surface area contributed by atoms with Crippen LogP contribution in [0.1, 0.15) is 127 Å². The van der Waals surface area contributed by atoms with E-state index in [2.05, 4.69) is 32.2 Å². The molecule has 0 saturated heterocycles. The third-order valence-electron chi connectivity index (χ3n) is 12.1. The number of anilines is 4. The van der Waals surface area contributed by atoms with Gasteiger partial charge in [-0.05, 0) is 99.1 Å². The Morgan fingerprint density at radius 1 is 0.568 bits per heavy atom. The highest BCUT2D eigenvalue weighted by Gasteiger charge is 2.37. The van der Waals surface area contributed by atoms with E-state index in [4.69, 9.17) is 30.5 Å². The number of para-hydroxylation sites is 1. The summed E-state index contributed by atoms with van der Waals surface area (Å²) in [5.41, 5.74) is 15.1. The monoisotopic (exact) mass is 1000 g/mol. The number of hydrogen-bond acceptors (Lipinski definition) is 13. The van der Waals surface area contributed by atoms with Crippen LogP contribution in [0.4, 0.5) is 23.0 Å². The Labute approximate surface area is 429 Å². The van der Waals surface area contributed by atoms with Gasteiger partial charge in [0.25, 0.3) is 17.7 Å². The highest BCUT2D eigenvalue weighted by Crippen LogP contribution is 2.39. The number of nitrogens with two attached hydrogens (primary N) is 2. The number of fused-ring (bicyclic) bond motifs is 2. The smallest absolute Gasteiger partial charge is 0.373 e. The zero-order valence-corrected chi connectivity index (χ0v) is 41.9. The van der Waals surface area contributed by atoms with Crippen LogP contribution in [0, 0.1) is 0 Å². The van der Waals surface area contributed by atoms with E-state index in [9.17, 15) is 24.0 Å². The lowest BCUT2D eigenvalue weighted by Crippen LogP contribution is -2.25. The van der Waals surface area contributed by atoms with Crippen LogP contribution in [-0.4, -0.2) is 75.4 Å². The second kappa shape index (κ2) is 27.3. The van der Waals surface area contributed by atoms with Gasteiger partial charge in [-0.3, -0.25) is 33.8 Å². The minimum atomic E-state index is -0.736. The van der Waals surface area contributed by atoms with Crippen LogP contribution in [0.2, 0.25) is 0 Å². The average molecular weight is 1000 g/mol. The van der Waals surface area contributed by atoms with Crippen LogP contribution >= 0.6 is 0 Å². The molecule has 384 valence electrons. The van der Waals surface area contributed by atoms with Crippen molar-refractivity contribution in [1.29, 1.82) is 0 Å². The predicted molar refractivity (Wildman–Crippen MR) is 278 cm³/mol. The molecular weight excluding hydrogens is 943 g/mol. The van der Waals surface area contributed by atoms with Gasteiger partial charge in [0.1, 0.15) is 34.5 Å². The molecule has 18 nitrogen and oxygen atoms in total. The van der Waals surface area contributed by atoms with E-state index >= 15 is 0 Å². The number of carbonyl (C=O) groups is 5.